The molecule has 0 spiro atoms. The van der Waals surface area contributed by atoms with Crippen molar-refractivity contribution in [3.05, 3.63) is 57.6 Å². The molecule has 1 N–H and O–H groups in total. The number of carbonyl (C=O) groups is 1. The van der Waals surface area contributed by atoms with Gasteiger partial charge < -0.3 is 5.32 Å². The molecule has 0 aliphatic rings. The van der Waals surface area contributed by atoms with Crippen LogP contribution in [0.4, 0.5) is 5.69 Å². The van der Waals surface area contributed by atoms with Crippen LogP contribution in [0.15, 0.2) is 41.3 Å². The quantitative estimate of drug-likeness (QED) is 0.711. The number of carbonyl (C=O) groups excluding carboxylic acids is 1. The summed E-state index contributed by atoms with van der Waals surface area (Å²) in [6.45, 7) is 5.99. The van der Waals surface area contributed by atoms with Crippen LogP contribution in [0.2, 0.25) is 10.0 Å². The van der Waals surface area contributed by atoms with Gasteiger partial charge in [0.05, 0.1) is 21.0 Å². The van der Waals surface area contributed by atoms with E-state index in [1.54, 1.807) is 18.2 Å². The van der Waals surface area contributed by atoms with Gasteiger partial charge >= 0.3 is 0 Å². The zero-order chi connectivity index (χ0) is 16.3. The zero-order valence-corrected chi connectivity index (χ0v) is 14.9. The molecule has 116 valence electrons. The van der Waals surface area contributed by atoms with Crippen molar-refractivity contribution in [3.63, 3.8) is 0 Å². The number of amides is 1. The van der Waals surface area contributed by atoms with Crippen molar-refractivity contribution in [3.8, 4) is 0 Å². The van der Waals surface area contributed by atoms with Gasteiger partial charge in [-0.3, -0.25) is 4.79 Å². The molecule has 0 fully saturated rings. The highest BCUT2D eigenvalue weighted by molar-refractivity contribution is 8.00. The number of halogens is 2. The third kappa shape index (κ3) is 4.19. The second kappa shape index (κ2) is 7.40. The molecule has 0 aliphatic heterocycles. The number of anilines is 1. The molecule has 0 aromatic heterocycles. The van der Waals surface area contributed by atoms with Gasteiger partial charge in [0.15, 0.2) is 0 Å². The first kappa shape index (κ1) is 17.2. The summed E-state index contributed by atoms with van der Waals surface area (Å²) in [5.41, 5.74) is 2.92. The number of aryl methyl sites for hydroxylation is 2. The minimum atomic E-state index is -0.255. The van der Waals surface area contributed by atoms with Crippen molar-refractivity contribution in [1.29, 1.82) is 0 Å². The number of thioether (sulfide) groups is 1. The summed E-state index contributed by atoms with van der Waals surface area (Å²) in [4.78, 5) is 13.4. The fourth-order valence-electron chi connectivity index (χ4n) is 1.89. The molecule has 22 heavy (non-hydrogen) atoms. The van der Waals surface area contributed by atoms with Gasteiger partial charge in [-0.1, -0.05) is 35.3 Å². The number of para-hydroxylation sites is 1. The van der Waals surface area contributed by atoms with Crippen LogP contribution in [-0.2, 0) is 4.79 Å². The number of hydrogen-bond acceptors (Lipinski definition) is 2. The predicted octanol–water partition coefficient (Wildman–Crippen LogP) is 5.73. The van der Waals surface area contributed by atoms with E-state index >= 15 is 0 Å². The molecule has 1 amide bonds. The number of hydrogen-bond donors (Lipinski definition) is 1. The molecule has 0 aliphatic carbocycles. The van der Waals surface area contributed by atoms with Crippen LogP contribution in [0.3, 0.4) is 0 Å². The van der Waals surface area contributed by atoms with E-state index in [0.29, 0.717) is 15.7 Å². The van der Waals surface area contributed by atoms with Gasteiger partial charge in [0, 0.05) is 4.90 Å². The monoisotopic (exact) mass is 353 g/mol. The normalized spacial score (nSPS) is 12.0. The average molecular weight is 354 g/mol. The average Bonchev–Trinajstić information content (AvgIpc) is 2.46. The van der Waals surface area contributed by atoms with E-state index in [4.69, 9.17) is 23.2 Å². The Balaban J connectivity index is 2.07. The second-order valence-corrected chi connectivity index (χ2v) is 7.32. The first-order valence-electron chi connectivity index (χ1n) is 6.87. The van der Waals surface area contributed by atoms with E-state index < -0.39 is 0 Å². The third-order valence-electron chi connectivity index (χ3n) is 3.37. The van der Waals surface area contributed by atoms with Gasteiger partial charge in [-0.25, -0.2) is 0 Å². The molecule has 0 radical (unpaired) electrons. The molecule has 2 nitrogen and oxygen atoms in total. The van der Waals surface area contributed by atoms with E-state index in [0.717, 1.165) is 4.90 Å². The summed E-state index contributed by atoms with van der Waals surface area (Å²) >= 11 is 13.6. The van der Waals surface area contributed by atoms with Crippen LogP contribution in [0.25, 0.3) is 0 Å². The van der Waals surface area contributed by atoms with Gasteiger partial charge in [0.2, 0.25) is 5.91 Å². The number of rotatable bonds is 4. The lowest BCUT2D eigenvalue weighted by Gasteiger charge is -2.14. The second-order valence-electron chi connectivity index (χ2n) is 5.09. The fraction of sp³-hybridized carbons (Fsp3) is 0.235. The smallest absolute Gasteiger partial charge is 0.237 e. The summed E-state index contributed by atoms with van der Waals surface area (Å²) in [5, 5.41) is 3.41. The summed E-state index contributed by atoms with van der Waals surface area (Å²) in [7, 11) is 0. The topological polar surface area (TPSA) is 29.1 Å². The summed E-state index contributed by atoms with van der Waals surface area (Å²) in [6.07, 6.45) is 0. The van der Waals surface area contributed by atoms with E-state index in [2.05, 4.69) is 31.3 Å². The van der Waals surface area contributed by atoms with Crippen molar-refractivity contribution >= 4 is 46.6 Å². The molecule has 2 rings (SSSR count). The molecule has 5 heteroatoms. The van der Waals surface area contributed by atoms with Gasteiger partial charge in [0.1, 0.15) is 0 Å². The van der Waals surface area contributed by atoms with Crippen molar-refractivity contribution < 1.29 is 4.79 Å². The standard InChI is InChI=1S/C17H17Cl2NOS/c1-10-7-8-13(9-11(10)2)22-12(3)17(21)20-16-14(18)5-4-6-15(16)19/h4-9,12H,1-3H3,(H,20,21). The molecule has 0 heterocycles. The van der Waals surface area contributed by atoms with Crippen LogP contribution in [0.1, 0.15) is 18.1 Å². The van der Waals surface area contributed by atoms with Crippen LogP contribution in [0.5, 0.6) is 0 Å². The molecule has 0 bridgehead atoms. The van der Waals surface area contributed by atoms with Crippen LogP contribution < -0.4 is 5.32 Å². The van der Waals surface area contributed by atoms with Gasteiger partial charge in [0.25, 0.3) is 0 Å². The fourth-order valence-corrected chi connectivity index (χ4v) is 3.34. The first-order valence-corrected chi connectivity index (χ1v) is 8.51. The lowest BCUT2D eigenvalue weighted by Crippen LogP contribution is -2.22. The molecular formula is C17H17Cl2NOS. The minimum Gasteiger partial charge on any atom is -0.323 e. The van der Waals surface area contributed by atoms with Crippen molar-refractivity contribution in [2.75, 3.05) is 5.32 Å². The summed E-state index contributed by atoms with van der Waals surface area (Å²) in [5.74, 6) is -0.127. The summed E-state index contributed by atoms with van der Waals surface area (Å²) < 4.78 is 0. The van der Waals surface area contributed by atoms with Crippen molar-refractivity contribution in [2.24, 2.45) is 0 Å². The first-order chi connectivity index (χ1) is 10.4. The Kier molecular flexibility index (Phi) is 5.79. The summed E-state index contributed by atoms with van der Waals surface area (Å²) in [6, 6.07) is 11.3. The maximum Gasteiger partial charge on any atom is 0.237 e. The Morgan fingerprint density at radius 3 is 2.32 bits per heavy atom. The molecular weight excluding hydrogens is 337 g/mol. The van der Waals surface area contributed by atoms with Crippen molar-refractivity contribution in [2.45, 2.75) is 30.9 Å². The Labute approximate surface area is 145 Å². The number of nitrogens with one attached hydrogen (secondary N) is 1. The SMILES string of the molecule is Cc1ccc(SC(C)C(=O)Nc2c(Cl)cccc2Cl)cc1C. The third-order valence-corrected chi connectivity index (χ3v) is 5.10. The lowest BCUT2D eigenvalue weighted by atomic mass is 10.1. The highest BCUT2D eigenvalue weighted by Crippen LogP contribution is 2.31. The van der Waals surface area contributed by atoms with E-state index in [1.807, 2.05) is 13.0 Å². The van der Waals surface area contributed by atoms with Gasteiger partial charge in [-0.15, -0.1) is 11.8 Å². The minimum absolute atomic E-state index is 0.127. The Morgan fingerprint density at radius 2 is 1.73 bits per heavy atom. The highest BCUT2D eigenvalue weighted by atomic mass is 35.5. The molecule has 0 saturated carbocycles. The maximum atomic E-state index is 12.3. The van der Waals surface area contributed by atoms with Crippen LogP contribution >= 0.6 is 35.0 Å². The van der Waals surface area contributed by atoms with E-state index in [1.165, 1.54) is 22.9 Å². The molecule has 0 saturated heterocycles. The van der Waals surface area contributed by atoms with Crippen LogP contribution in [-0.4, -0.2) is 11.2 Å². The predicted molar refractivity (Wildman–Crippen MR) is 96.3 cm³/mol. The molecule has 1 unspecified atom stereocenters. The van der Waals surface area contributed by atoms with Gasteiger partial charge in [-0.05, 0) is 56.2 Å². The van der Waals surface area contributed by atoms with E-state index in [-0.39, 0.29) is 11.2 Å². The largest absolute Gasteiger partial charge is 0.323 e. The van der Waals surface area contributed by atoms with Gasteiger partial charge in [-0.2, -0.15) is 0 Å². The Bertz CT molecular complexity index is 683. The maximum absolute atomic E-state index is 12.3. The van der Waals surface area contributed by atoms with E-state index in [9.17, 15) is 4.79 Å². The molecule has 1 atom stereocenters. The Morgan fingerprint density at radius 1 is 1.09 bits per heavy atom. The molecule has 2 aromatic rings. The zero-order valence-electron chi connectivity index (χ0n) is 12.6. The molecule has 2 aromatic carbocycles. The lowest BCUT2D eigenvalue weighted by molar-refractivity contribution is -0.115. The van der Waals surface area contributed by atoms with Crippen molar-refractivity contribution in [1.82, 2.24) is 0 Å². The highest BCUT2D eigenvalue weighted by Gasteiger charge is 2.17. The van der Waals surface area contributed by atoms with Crippen LogP contribution in [0, 0.1) is 13.8 Å². The Hall–Kier alpha value is -1.16. The number of benzene rings is 2.